The Labute approximate surface area is 218 Å². The summed E-state index contributed by atoms with van der Waals surface area (Å²) in [6.45, 7) is 5.89. The van der Waals surface area contributed by atoms with Gasteiger partial charge in [-0.2, -0.15) is 0 Å². The molecule has 0 saturated carbocycles. The topological polar surface area (TPSA) is 86.8 Å². The molecule has 0 fully saturated rings. The van der Waals surface area contributed by atoms with Crippen LogP contribution in [0.15, 0.2) is 48.5 Å². The van der Waals surface area contributed by atoms with Crippen LogP contribution in [0.2, 0.25) is 10.0 Å². The summed E-state index contributed by atoms with van der Waals surface area (Å²) >= 11 is 12.0. The maximum absolute atomic E-state index is 13.3. The predicted molar refractivity (Wildman–Crippen MR) is 142 cm³/mol. The zero-order valence-electron chi connectivity index (χ0n) is 20.5. The maximum Gasteiger partial charge on any atom is 0.242 e. The SMILES string of the molecule is CC[C@@H](C)NC(=O)[C@H](C)N(Cc1cccc(Cl)c1)C(=O)CCCN(c1ccc(Cl)cc1)S(C)(=O)=O. The first kappa shape index (κ1) is 28.9. The van der Waals surface area contributed by atoms with Crippen molar-refractivity contribution in [1.29, 1.82) is 0 Å². The van der Waals surface area contributed by atoms with Crippen LogP contribution in [0.25, 0.3) is 0 Å². The maximum atomic E-state index is 13.3. The molecule has 2 atom stereocenters. The summed E-state index contributed by atoms with van der Waals surface area (Å²) in [5, 5.41) is 3.96. The van der Waals surface area contributed by atoms with Crippen molar-refractivity contribution in [2.24, 2.45) is 0 Å². The molecule has 2 amide bonds. The lowest BCUT2D eigenvalue weighted by molar-refractivity contribution is -0.140. The van der Waals surface area contributed by atoms with Crippen LogP contribution in [0.5, 0.6) is 0 Å². The number of carbonyl (C=O) groups excluding carboxylic acids is 2. The molecule has 2 rings (SSSR count). The van der Waals surface area contributed by atoms with Crippen LogP contribution >= 0.6 is 23.2 Å². The van der Waals surface area contributed by atoms with Gasteiger partial charge in [0.15, 0.2) is 0 Å². The van der Waals surface area contributed by atoms with E-state index in [4.69, 9.17) is 23.2 Å². The third-order valence-electron chi connectivity index (χ3n) is 5.68. The number of halogens is 2. The molecule has 2 aromatic rings. The third kappa shape index (κ3) is 9.02. The Morgan fingerprint density at radius 3 is 2.26 bits per heavy atom. The standard InChI is InChI=1S/C25H33Cl2N3O4S/c1-5-18(2)28-25(32)19(3)29(17-20-8-6-9-22(27)16-20)24(31)10-7-15-30(35(4,33)34)23-13-11-21(26)12-14-23/h6,8-9,11-14,16,18-19H,5,7,10,15,17H2,1-4H3,(H,28,32)/t18-,19+/m1/s1. The van der Waals surface area contributed by atoms with Crippen molar-refractivity contribution < 1.29 is 18.0 Å². The second kappa shape index (κ2) is 13.1. The van der Waals surface area contributed by atoms with Gasteiger partial charge in [0.2, 0.25) is 21.8 Å². The summed E-state index contributed by atoms with van der Waals surface area (Å²) in [4.78, 5) is 27.6. The zero-order valence-corrected chi connectivity index (χ0v) is 22.8. The van der Waals surface area contributed by atoms with Gasteiger partial charge in [0.05, 0.1) is 11.9 Å². The Hall–Kier alpha value is -2.29. The summed E-state index contributed by atoms with van der Waals surface area (Å²) in [5.74, 6) is -0.491. The fourth-order valence-electron chi connectivity index (χ4n) is 3.49. The van der Waals surface area contributed by atoms with Crippen molar-refractivity contribution >= 4 is 50.7 Å². The number of benzene rings is 2. The molecular weight excluding hydrogens is 509 g/mol. The molecule has 0 saturated heterocycles. The molecule has 0 radical (unpaired) electrons. The van der Waals surface area contributed by atoms with Crippen LogP contribution in [0.3, 0.4) is 0 Å². The minimum Gasteiger partial charge on any atom is -0.352 e. The number of anilines is 1. The Balaban J connectivity index is 2.16. The zero-order chi connectivity index (χ0) is 26.2. The lowest BCUT2D eigenvalue weighted by atomic mass is 10.1. The summed E-state index contributed by atoms with van der Waals surface area (Å²) < 4.78 is 26.0. The van der Waals surface area contributed by atoms with Gasteiger partial charge < -0.3 is 10.2 Å². The van der Waals surface area contributed by atoms with Gasteiger partial charge in [0, 0.05) is 35.6 Å². The van der Waals surface area contributed by atoms with Crippen molar-refractivity contribution in [1.82, 2.24) is 10.2 Å². The van der Waals surface area contributed by atoms with Gasteiger partial charge in [-0.15, -0.1) is 0 Å². The molecular formula is C25H33Cl2N3O4S. The van der Waals surface area contributed by atoms with Gasteiger partial charge in [-0.05, 0) is 68.7 Å². The molecule has 0 heterocycles. The van der Waals surface area contributed by atoms with Gasteiger partial charge in [-0.1, -0.05) is 42.3 Å². The number of carbonyl (C=O) groups is 2. The molecule has 1 N–H and O–H groups in total. The number of nitrogens with one attached hydrogen (secondary N) is 1. The van der Waals surface area contributed by atoms with Gasteiger partial charge in [-0.25, -0.2) is 8.42 Å². The Morgan fingerprint density at radius 2 is 1.69 bits per heavy atom. The molecule has 0 aromatic heterocycles. The van der Waals surface area contributed by atoms with Crippen molar-refractivity contribution in [3.05, 3.63) is 64.1 Å². The smallest absolute Gasteiger partial charge is 0.242 e. The van der Waals surface area contributed by atoms with Gasteiger partial charge in [-0.3, -0.25) is 13.9 Å². The molecule has 0 aliphatic carbocycles. The number of amides is 2. The van der Waals surface area contributed by atoms with Crippen LogP contribution in [0.4, 0.5) is 5.69 Å². The highest BCUT2D eigenvalue weighted by atomic mass is 35.5. The van der Waals surface area contributed by atoms with E-state index in [0.717, 1.165) is 18.2 Å². The van der Waals surface area contributed by atoms with Crippen LogP contribution in [-0.4, -0.2) is 50.0 Å². The Morgan fingerprint density at radius 1 is 1.03 bits per heavy atom. The average molecular weight is 543 g/mol. The molecule has 0 bridgehead atoms. The van der Waals surface area contributed by atoms with Crippen LogP contribution in [0.1, 0.15) is 45.6 Å². The highest BCUT2D eigenvalue weighted by Crippen LogP contribution is 2.22. The molecule has 0 aliphatic heterocycles. The minimum atomic E-state index is -3.56. The van der Waals surface area contributed by atoms with E-state index in [-0.39, 0.29) is 43.8 Å². The minimum absolute atomic E-state index is 0.0178. The van der Waals surface area contributed by atoms with E-state index in [1.165, 1.54) is 9.21 Å². The molecule has 0 aliphatic rings. The van der Waals surface area contributed by atoms with E-state index < -0.39 is 16.1 Å². The van der Waals surface area contributed by atoms with Crippen LogP contribution in [-0.2, 0) is 26.2 Å². The van der Waals surface area contributed by atoms with E-state index in [1.807, 2.05) is 19.9 Å². The second-order valence-electron chi connectivity index (χ2n) is 8.56. The average Bonchev–Trinajstić information content (AvgIpc) is 2.79. The number of nitrogens with zero attached hydrogens (tertiary/aromatic N) is 2. The summed E-state index contributed by atoms with van der Waals surface area (Å²) in [7, 11) is -3.56. The predicted octanol–water partition coefficient (Wildman–Crippen LogP) is 4.87. The van der Waals surface area contributed by atoms with Gasteiger partial charge in [0.1, 0.15) is 6.04 Å². The van der Waals surface area contributed by atoms with E-state index in [9.17, 15) is 18.0 Å². The number of rotatable bonds is 12. The number of hydrogen-bond donors (Lipinski definition) is 1. The molecule has 7 nitrogen and oxygen atoms in total. The van der Waals surface area contributed by atoms with E-state index in [0.29, 0.717) is 15.7 Å². The Bertz CT molecular complexity index is 1110. The van der Waals surface area contributed by atoms with E-state index in [1.54, 1.807) is 49.4 Å². The molecule has 0 unspecified atom stereocenters. The molecule has 10 heteroatoms. The Kier molecular flexibility index (Phi) is 10.9. The largest absolute Gasteiger partial charge is 0.352 e. The van der Waals surface area contributed by atoms with Crippen molar-refractivity contribution in [2.45, 2.75) is 58.7 Å². The highest BCUT2D eigenvalue weighted by molar-refractivity contribution is 7.92. The van der Waals surface area contributed by atoms with Crippen molar-refractivity contribution in [3.63, 3.8) is 0 Å². The first-order chi connectivity index (χ1) is 16.4. The van der Waals surface area contributed by atoms with E-state index in [2.05, 4.69) is 5.32 Å². The van der Waals surface area contributed by atoms with Gasteiger partial charge in [0.25, 0.3) is 0 Å². The number of hydrogen-bond acceptors (Lipinski definition) is 4. The van der Waals surface area contributed by atoms with E-state index >= 15 is 0 Å². The molecule has 0 spiro atoms. The fraction of sp³-hybridized carbons (Fsp3) is 0.440. The lowest BCUT2D eigenvalue weighted by Crippen LogP contribution is -2.49. The number of sulfonamides is 1. The summed E-state index contributed by atoms with van der Waals surface area (Å²) in [6.07, 6.45) is 2.24. The van der Waals surface area contributed by atoms with Crippen molar-refractivity contribution in [3.8, 4) is 0 Å². The molecule has 192 valence electrons. The third-order valence-corrected chi connectivity index (χ3v) is 7.36. The first-order valence-electron chi connectivity index (χ1n) is 11.5. The summed E-state index contributed by atoms with van der Waals surface area (Å²) in [5.41, 5.74) is 1.27. The normalized spacial score (nSPS) is 13.1. The van der Waals surface area contributed by atoms with Gasteiger partial charge >= 0.3 is 0 Å². The quantitative estimate of drug-likeness (QED) is 0.415. The highest BCUT2D eigenvalue weighted by Gasteiger charge is 2.27. The monoisotopic (exact) mass is 541 g/mol. The molecule has 35 heavy (non-hydrogen) atoms. The fourth-order valence-corrected chi connectivity index (χ4v) is 4.80. The lowest BCUT2D eigenvalue weighted by Gasteiger charge is -2.30. The second-order valence-corrected chi connectivity index (χ2v) is 11.3. The van der Waals surface area contributed by atoms with Crippen molar-refractivity contribution in [2.75, 3.05) is 17.1 Å². The summed E-state index contributed by atoms with van der Waals surface area (Å²) in [6, 6.07) is 12.9. The van der Waals surface area contributed by atoms with Crippen LogP contribution < -0.4 is 9.62 Å². The molecule has 2 aromatic carbocycles. The first-order valence-corrected chi connectivity index (χ1v) is 14.1. The van der Waals surface area contributed by atoms with Crippen LogP contribution in [0, 0.1) is 0 Å².